The molecular weight excluding hydrogens is 308 g/mol. The smallest absolute Gasteiger partial charge is 0.249 e. The van der Waals surface area contributed by atoms with Crippen LogP contribution in [0.15, 0.2) is 42.7 Å². The van der Waals surface area contributed by atoms with Crippen LogP contribution in [0.2, 0.25) is 0 Å². The van der Waals surface area contributed by atoms with Crippen LogP contribution in [0.3, 0.4) is 0 Å². The summed E-state index contributed by atoms with van der Waals surface area (Å²) in [7, 11) is 1.82. The van der Waals surface area contributed by atoms with Gasteiger partial charge in [-0.05, 0) is 5.56 Å². The first-order valence-electron chi connectivity index (χ1n) is 7.80. The van der Waals surface area contributed by atoms with Gasteiger partial charge in [0, 0.05) is 31.9 Å². The zero-order valence-corrected chi connectivity index (χ0v) is 13.5. The molecule has 24 heavy (non-hydrogen) atoms. The molecule has 0 bridgehead atoms. The Balaban J connectivity index is 1.66. The van der Waals surface area contributed by atoms with Crippen LogP contribution in [0, 0.1) is 0 Å². The lowest BCUT2D eigenvalue weighted by molar-refractivity contribution is -0.155. The average molecular weight is 328 g/mol. The van der Waals surface area contributed by atoms with E-state index in [0.717, 1.165) is 11.1 Å². The second-order valence-corrected chi connectivity index (χ2v) is 5.78. The number of ether oxygens (including phenoxy) is 1. The molecule has 0 aliphatic carbocycles. The fourth-order valence-electron chi connectivity index (χ4n) is 2.67. The van der Waals surface area contributed by atoms with Crippen LogP contribution in [0.25, 0.3) is 0 Å². The molecule has 0 unspecified atom stereocenters. The number of aryl methyl sites for hydroxylation is 1. The van der Waals surface area contributed by atoms with Crippen molar-refractivity contribution in [3.8, 4) is 0 Å². The van der Waals surface area contributed by atoms with Crippen LogP contribution in [0.4, 0.5) is 0 Å². The molecule has 0 radical (unpaired) electrons. The maximum absolute atomic E-state index is 12.5. The molecule has 1 saturated heterocycles. The van der Waals surface area contributed by atoms with Crippen LogP contribution in [0.5, 0.6) is 0 Å². The highest BCUT2D eigenvalue weighted by Crippen LogP contribution is 2.14. The normalized spacial score (nSPS) is 17.8. The summed E-state index contributed by atoms with van der Waals surface area (Å²) in [5.41, 5.74) is 1.89. The lowest BCUT2D eigenvalue weighted by Crippen LogP contribution is -2.55. The first-order chi connectivity index (χ1) is 11.6. The number of benzene rings is 1. The third-order valence-corrected chi connectivity index (χ3v) is 3.92. The molecular formula is C17H20N4O3. The number of morpholine rings is 1. The van der Waals surface area contributed by atoms with Gasteiger partial charge in [0.05, 0.1) is 12.8 Å². The Morgan fingerprint density at radius 1 is 1.33 bits per heavy atom. The van der Waals surface area contributed by atoms with E-state index in [1.807, 2.05) is 43.6 Å². The van der Waals surface area contributed by atoms with Crippen molar-refractivity contribution in [2.75, 3.05) is 13.2 Å². The summed E-state index contributed by atoms with van der Waals surface area (Å²) in [4.78, 5) is 26.3. The van der Waals surface area contributed by atoms with Crippen LogP contribution < -0.4 is 5.32 Å². The summed E-state index contributed by atoms with van der Waals surface area (Å²) in [5, 5.41) is 6.92. The van der Waals surface area contributed by atoms with Crippen LogP contribution >= 0.6 is 0 Å². The first-order valence-corrected chi connectivity index (χ1v) is 7.80. The average Bonchev–Trinajstić information content (AvgIpc) is 3.01. The van der Waals surface area contributed by atoms with Crippen molar-refractivity contribution >= 4 is 11.8 Å². The van der Waals surface area contributed by atoms with E-state index in [4.69, 9.17) is 4.74 Å². The predicted molar refractivity (Wildman–Crippen MR) is 86.7 cm³/mol. The molecule has 2 heterocycles. The number of hydrogen-bond acceptors (Lipinski definition) is 4. The van der Waals surface area contributed by atoms with E-state index in [0.29, 0.717) is 13.1 Å². The molecule has 0 spiro atoms. The molecule has 1 aromatic heterocycles. The zero-order chi connectivity index (χ0) is 16.9. The number of carbonyl (C=O) groups is 2. The van der Waals surface area contributed by atoms with E-state index >= 15 is 0 Å². The highest BCUT2D eigenvalue weighted by atomic mass is 16.5. The predicted octanol–water partition coefficient (Wildman–Crippen LogP) is 0.464. The lowest BCUT2D eigenvalue weighted by atomic mass is 10.1. The monoisotopic (exact) mass is 328 g/mol. The minimum Gasteiger partial charge on any atom is -0.369 e. The van der Waals surface area contributed by atoms with Crippen LogP contribution in [-0.2, 0) is 34.5 Å². The van der Waals surface area contributed by atoms with Gasteiger partial charge in [-0.3, -0.25) is 14.3 Å². The van der Waals surface area contributed by atoms with E-state index in [2.05, 4.69) is 10.4 Å². The second kappa shape index (κ2) is 7.27. The van der Waals surface area contributed by atoms with Gasteiger partial charge >= 0.3 is 0 Å². The Morgan fingerprint density at radius 3 is 2.83 bits per heavy atom. The SMILES string of the molecule is Cn1cc(CNC(=O)[C@@H]2COCC(=O)N2Cc2ccccc2)cn1. The standard InChI is InChI=1S/C17H20N4O3/c1-20-9-14(8-19-20)7-18-17(23)15-11-24-12-16(22)21(15)10-13-5-3-2-4-6-13/h2-6,8-9,15H,7,10-12H2,1H3,(H,18,23)/t15-/m0/s1. The molecule has 1 aliphatic heterocycles. The quantitative estimate of drug-likeness (QED) is 0.865. The van der Waals surface area contributed by atoms with Gasteiger partial charge in [-0.25, -0.2) is 0 Å². The van der Waals surface area contributed by atoms with Crippen molar-refractivity contribution in [2.24, 2.45) is 7.05 Å². The molecule has 0 saturated carbocycles. The fraction of sp³-hybridized carbons (Fsp3) is 0.353. The molecule has 1 aromatic carbocycles. The summed E-state index contributed by atoms with van der Waals surface area (Å²) in [6, 6.07) is 9.00. The molecule has 1 aliphatic rings. The Labute approximate surface area is 140 Å². The Morgan fingerprint density at radius 2 is 2.12 bits per heavy atom. The summed E-state index contributed by atoms with van der Waals surface area (Å²) < 4.78 is 6.95. The van der Waals surface area contributed by atoms with Gasteiger partial charge in [0.1, 0.15) is 12.6 Å². The Bertz CT molecular complexity index is 714. The second-order valence-electron chi connectivity index (χ2n) is 5.78. The van der Waals surface area contributed by atoms with Crippen molar-refractivity contribution < 1.29 is 14.3 Å². The number of hydrogen-bond donors (Lipinski definition) is 1. The minimum atomic E-state index is -0.622. The van der Waals surface area contributed by atoms with Crippen molar-refractivity contribution in [3.05, 3.63) is 53.9 Å². The van der Waals surface area contributed by atoms with Crippen molar-refractivity contribution in [3.63, 3.8) is 0 Å². The molecule has 7 nitrogen and oxygen atoms in total. The largest absolute Gasteiger partial charge is 0.369 e. The minimum absolute atomic E-state index is 0.0131. The molecule has 1 N–H and O–H groups in total. The van der Waals surface area contributed by atoms with Crippen LogP contribution in [0.1, 0.15) is 11.1 Å². The molecule has 1 fully saturated rings. The Hall–Kier alpha value is -2.67. The number of nitrogens with zero attached hydrogens (tertiary/aromatic N) is 3. The number of nitrogens with one attached hydrogen (secondary N) is 1. The van der Waals surface area contributed by atoms with Crippen molar-refractivity contribution in [1.29, 1.82) is 0 Å². The topological polar surface area (TPSA) is 76.5 Å². The molecule has 3 rings (SSSR count). The lowest BCUT2D eigenvalue weighted by Gasteiger charge is -2.34. The van der Waals surface area contributed by atoms with Gasteiger partial charge in [-0.15, -0.1) is 0 Å². The van der Waals surface area contributed by atoms with Gasteiger partial charge in [0.25, 0.3) is 0 Å². The Kier molecular flexibility index (Phi) is 4.90. The van der Waals surface area contributed by atoms with Gasteiger partial charge in [-0.1, -0.05) is 30.3 Å². The van der Waals surface area contributed by atoms with Crippen molar-refractivity contribution in [1.82, 2.24) is 20.0 Å². The first kappa shape index (κ1) is 16.2. The zero-order valence-electron chi connectivity index (χ0n) is 13.5. The summed E-state index contributed by atoms with van der Waals surface area (Å²) >= 11 is 0. The summed E-state index contributed by atoms with van der Waals surface area (Å²) in [6.45, 7) is 0.987. The van der Waals surface area contributed by atoms with Crippen LogP contribution in [-0.4, -0.2) is 45.8 Å². The number of amides is 2. The molecule has 7 heteroatoms. The van der Waals surface area contributed by atoms with Gasteiger partial charge in [0.2, 0.25) is 11.8 Å². The summed E-state index contributed by atoms with van der Waals surface area (Å²) in [6.07, 6.45) is 3.54. The third kappa shape index (κ3) is 3.80. The molecule has 126 valence electrons. The van der Waals surface area contributed by atoms with E-state index < -0.39 is 6.04 Å². The summed E-state index contributed by atoms with van der Waals surface area (Å²) in [5.74, 6) is -0.394. The third-order valence-electron chi connectivity index (χ3n) is 3.92. The highest BCUT2D eigenvalue weighted by molar-refractivity contribution is 5.89. The maximum Gasteiger partial charge on any atom is 0.249 e. The van der Waals surface area contributed by atoms with Crippen molar-refractivity contribution in [2.45, 2.75) is 19.1 Å². The number of carbonyl (C=O) groups excluding carboxylic acids is 2. The van der Waals surface area contributed by atoms with E-state index in [1.54, 1.807) is 15.8 Å². The maximum atomic E-state index is 12.5. The molecule has 2 aromatic rings. The highest BCUT2D eigenvalue weighted by Gasteiger charge is 2.33. The molecule has 1 atom stereocenters. The molecule has 2 amide bonds. The number of rotatable bonds is 5. The van der Waals surface area contributed by atoms with Gasteiger partial charge in [0.15, 0.2) is 0 Å². The van der Waals surface area contributed by atoms with E-state index in [1.165, 1.54) is 0 Å². The number of aromatic nitrogens is 2. The van der Waals surface area contributed by atoms with E-state index in [-0.39, 0.29) is 25.0 Å². The van der Waals surface area contributed by atoms with E-state index in [9.17, 15) is 9.59 Å². The van der Waals surface area contributed by atoms with Gasteiger partial charge in [-0.2, -0.15) is 5.10 Å². The van der Waals surface area contributed by atoms with Gasteiger partial charge < -0.3 is 15.0 Å². The fourth-order valence-corrected chi connectivity index (χ4v) is 2.67.